The monoisotopic (exact) mass is 351 g/mol. The molecule has 0 atom stereocenters. The van der Waals surface area contributed by atoms with Crippen molar-refractivity contribution in [2.45, 2.75) is 18.9 Å². The number of hydrogen-bond acceptors (Lipinski definition) is 2. The topological polar surface area (TPSA) is 14.2 Å². The number of pyridine rings is 1. The van der Waals surface area contributed by atoms with Crippen molar-refractivity contribution in [3.05, 3.63) is 71.3 Å². The van der Waals surface area contributed by atoms with Crippen molar-refractivity contribution in [1.82, 2.24) is 4.57 Å². The highest BCUT2D eigenvalue weighted by molar-refractivity contribution is 7.71. The standard InChI is InChI=1S/C21H18FNOS/c1-23-12-18(14-5-4-6-16(11-14)24-15-9-10-15)21(25)19(13-23)17-7-2-3-8-20(17)22/h2-8,11-13,15H,9-10H2,1H3. The van der Waals surface area contributed by atoms with Crippen LogP contribution in [-0.4, -0.2) is 10.7 Å². The second kappa shape index (κ2) is 6.45. The van der Waals surface area contributed by atoms with Crippen molar-refractivity contribution >= 4 is 12.2 Å². The first-order valence-electron chi connectivity index (χ1n) is 8.34. The average Bonchev–Trinajstić information content (AvgIpc) is 3.41. The van der Waals surface area contributed by atoms with Crippen molar-refractivity contribution in [2.24, 2.45) is 7.05 Å². The summed E-state index contributed by atoms with van der Waals surface area (Å²) in [5.74, 6) is 0.588. The van der Waals surface area contributed by atoms with Crippen molar-refractivity contribution in [1.29, 1.82) is 0 Å². The molecule has 0 unspecified atom stereocenters. The minimum Gasteiger partial charge on any atom is -0.490 e. The minimum atomic E-state index is -0.267. The van der Waals surface area contributed by atoms with Gasteiger partial charge in [0, 0.05) is 36.1 Å². The Labute approximate surface area is 151 Å². The van der Waals surface area contributed by atoms with Gasteiger partial charge < -0.3 is 9.30 Å². The van der Waals surface area contributed by atoms with Crippen LogP contribution in [0, 0.1) is 10.3 Å². The van der Waals surface area contributed by atoms with Gasteiger partial charge in [-0.2, -0.15) is 0 Å². The Morgan fingerprint density at radius 2 is 1.76 bits per heavy atom. The average molecular weight is 351 g/mol. The molecule has 2 nitrogen and oxygen atoms in total. The molecule has 0 aliphatic heterocycles. The Bertz CT molecular complexity index is 991. The number of hydrogen-bond donors (Lipinski definition) is 0. The van der Waals surface area contributed by atoms with Crippen molar-refractivity contribution < 1.29 is 9.13 Å². The van der Waals surface area contributed by atoms with Crippen molar-refractivity contribution in [3.63, 3.8) is 0 Å². The smallest absolute Gasteiger partial charge is 0.131 e. The number of halogens is 1. The molecule has 0 amide bonds. The molecule has 1 aliphatic rings. The van der Waals surface area contributed by atoms with Gasteiger partial charge in [0.2, 0.25) is 0 Å². The molecule has 1 aromatic heterocycles. The van der Waals surface area contributed by atoms with E-state index in [1.165, 1.54) is 6.07 Å². The normalized spacial score (nSPS) is 13.7. The van der Waals surface area contributed by atoms with E-state index in [9.17, 15) is 4.39 Å². The summed E-state index contributed by atoms with van der Waals surface area (Å²) in [5, 5.41) is 0. The predicted octanol–water partition coefficient (Wildman–Crippen LogP) is 5.77. The number of nitrogens with zero attached hydrogens (tertiary/aromatic N) is 1. The summed E-state index contributed by atoms with van der Waals surface area (Å²) in [6, 6.07) is 14.7. The molecule has 1 fully saturated rings. The lowest BCUT2D eigenvalue weighted by Crippen LogP contribution is -1.98. The lowest BCUT2D eigenvalue weighted by atomic mass is 10.0. The van der Waals surface area contributed by atoms with Gasteiger partial charge >= 0.3 is 0 Å². The second-order valence-electron chi connectivity index (χ2n) is 6.41. The molecule has 1 aliphatic carbocycles. The molecule has 1 saturated carbocycles. The zero-order valence-electron chi connectivity index (χ0n) is 13.9. The summed E-state index contributed by atoms with van der Waals surface area (Å²) < 4.78 is 22.7. The van der Waals surface area contributed by atoms with Crippen molar-refractivity contribution in [2.75, 3.05) is 0 Å². The maximum atomic E-state index is 14.3. The molecule has 25 heavy (non-hydrogen) atoms. The van der Waals surface area contributed by atoms with Crippen LogP contribution in [0.25, 0.3) is 22.3 Å². The van der Waals surface area contributed by atoms with E-state index in [2.05, 4.69) is 0 Å². The van der Waals surface area contributed by atoms with Gasteiger partial charge in [0.25, 0.3) is 0 Å². The van der Waals surface area contributed by atoms with Crippen LogP contribution in [-0.2, 0) is 7.05 Å². The number of aryl methyl sites for hydroxylation is 1. The highest BCUT2D eigenvalue weighted by Crippen LogP contribution is 2.33. The Hall–Kier alpha value is -2.46. The predicted molar refractivity (Wildman–Crippen MR) is 101 cm³/mol. The molecule has 0 saturated heterocycles. The van der Waals surface area contributed by atoms with Gasteiger partial charge in [-0.1, -0.05) is 42.5 Å². The van der Waals surface area contributed by atoms with Crippen LogP contribution in [0.15, 0.2) is 60.9 Å². The third-order valence-electron chi connectivity index (χ3n) is 4.29. The molecule has 0 radical (unpaired) electrons. The van der Waals surface area contributed by atoms with E-state index >= 15 is 0 Å². The number of aromatic nitrogens is 1. The molecule has 2 aromatic carbocycles. The van der Waals surface area contributed by atoms with Crippen LogP contribution < -0.4 is 4.74 Å². The second-order valence-corrected chi connectivity index (χ2v) is 6.81. The van der Waals surface area contributed by atoms with E-state index in [1.54, 1.807) is 12.1 Å². The van der Waals surface area contributed by atoms with E-state index < -0.39 is 0 Å². The van der Waals surface area contributed by atoms with E-state index in [0.29, 0.717) is 16.2 Å². The molecule has 126 valence electrons. The van der Waals surface area contributed by atoms with Gasteiger partial charge in [-0.05, 0) is 36.6 Å². The lowest BCUT2D eigenvalue weighted by Gasteiger charge is -2.12. The Balaban J connectivity index is 1.83. The third-order valence-corrected chi connectivity index (χ3v) is 4.73. The van der Waals surface area contributed by atoms with Crippen LogP contribution in [0.1, 0.15) is 12.8 Å². The highest BCUT2D eigenvalue weighted by atomic mass is 32.1. The molecule has 0 spiro atoms. The Morgan fingerprint density at radius 3 is 2.52 bits per heavy atom. The zero-order chi connectivity index (χ0) is 17.4. The van der Waals surface area contributed by atoms with Crippen LogP contribution >= 0.6 is 12.2 Å². The number of benzene rings is 2. The van der Waals surface area contributed by atoms with E-state index in [-0.39, 0.29) is 5.82 Å². The molecular formula is C21H18FNOS. The van der Waals surface area contributed by atoms with Crippen LogP contribution in [0.4, 0.5) is 4.39 Å². The van der Waals surface area contributed by atoms with Crippen LogP contribution in [0.5, 0.6) is 5.75 Å². The van der Waals surface area contributed by atoms with Crippen LogP contribution in [0.3, 0.4) is 0 Å². The minimum absolute atomic E-state index is 0.267. The molecule has 1 heterocycles. The highest BCUT2D eigenvalue weighted by Gasteiger charge is 2.23. The summed E-state index contributed by atoms with van der Waals surface area (Å²) >= 11 is 5.70. The third kappa shape index (κ3) is 3.35. The summed E-state index contributed by atoms with van der Waals surface area (Å²) in [5.41, 5.74) is 3.13. The fraction of sp³-hybridized carbons (Fsp3) is 0.190. The van der Waals surface area contributed by atoms with E-state index in [1.807, 2.05) is 54.3 Å². The Morgan fingerprint density at radius 1 is 1.00 bits per heavy atom. The van der Waals surface area contributed by atoms with E-state index in [4.69, 9.17) is 17.0 Å². The van der Waals surface area contributed by atoms with Crippen LogP contribution in [0.2, 0.25) is 0 Å². The summed E-state index contributed by atoms with van der Waals surface area (Å²) in [6.07, 6.45) is 6.43. The van der Waals surface area contributed by atoms with Crippen molar-refractivity contribution in [3.8, 4) is 28.0 Å². The number of rotatable bonds is 4. The quantitative estimate of drug-likeness (QED) is 0.554. The van der Waals surface area contributed by atoms with Gasteiger partial charge in [0.05, 0.1) is 10.6 Å². The lowest BCUT2D eigenvalue weighted by molar-refractivity contribution is 0.303. The SMILES string of the molecule is Cn1cc(-c2cccc(OC3CC3)c2)c(=S)c(-c2ccccc2F)c1. The number of ether oxygens (including phenoxy) is 1. The first kappa shape index (κ1) is 16.0. The van der Waals surface area contributed by atoms with Gasteiger partial charge in [0.1, 0.15) is 11.6 Å². The first-order chi connectivity index (χ1) is 12.1. The molecule has 4 rings (SSSR count). The van der Waals surface area contributed by atoms with Gasteiger partial charge in [-0.25, -0.2) is 4.39 Å². The van der Waals surface area contributed by atoms with Gasteiger partial charge in [-0.3, -0.25) is 0 Å². The molecule has 4 heteroatoms. The summed E-state index contributed by atoms with van der Waals surface area (Å²) in [7, 11) is 1.92. The molecule has 3 aromatic rings. The maximum absolute atomic E-state index is 14.3. The fourth-order valence-electron chi connectivity index (χ4n) is 2.90. The Kier molecular flexibility index (Phi) is 4.14. The van der Waals surface area contributed by atoms with Gasteiger partial charge in [-0.15, -0.1) is 0 Å². The molecular weight excluding hydrogens is 333 g/mol. The maximum Gasteiger partial charge on any atom is 0.131 e. The summed E-state index contributed by atoms with van der Waals surface area (Å²) in [4.78, 5) is 0. The zero-order valence-corrected chi connectivity index (χ0v) is 14.7. The van der Waals surface area contributed by atoms with E-state index in [0.717, 1.165) is 35.3 Å². The molecule has 0 N–H and O–H groups in total. The largest absolute Gasteiger partial charge is 0.490 e. The summed E-state index contributed by atoms with van der Waals surface area (Å²) in [6.45, 7) is 0. The fourth-order valence-corrected chi connectivity index (χ4v) is 3.23. The first-order valence-corrected chi connectivity index (χ1v) is 8.75. The molecule has 0 bridgehead atoms. The van der Waals surface area contributed by atoms with Gasteiger partial charge in [0.15, 0.2) is 0 Å².